The number of rotatable bonds is 3. The molecule has 112 valence electrons. The van der Waals surface area contributed by atoms with Crippen LogP contribution in [0.15, 0.2) is 28.8 Å². The maximum Gasteiger partial charge on any atom is 0.175 e. The van der Waals surface area contributed by atoms with Crippen LogP contribution in [0.5, 0.6) is 5.75 Å². The molecule has 0 unspecified atom stereocenters. The summed E-state index contributed by atoms with van der Waals surface area (Å²) in [5.74, 6) is 2.50. The molecule has 1 aliphatic rings. The van der Waals surface area contributed by atoms with Crippen molar-refractivity contribution in [3.8, 4) is 16.9 Å². The van der Waals surface area contributed by atoms with Gasteiger partial charge in [0.2, 0.25) is 0 Å². The summed E-state index contributed by atoms with van der Waals surface area (Å²) in [4.78, 5) is 0. The quantitative estimate of drug-likeness (QED) is 0.923. The van der Waals surface area contributed by atoms with E-state index in [4.69, 9.17) is 15.0 Å². The van der Waals surface area contributed by atoms with E-state index < -0.39 is 0 Å². The summed E-state index contributed by atoms with van der Waals surface area (Å²) in [5.41, 5.74) is 8.35. The van der Waals surface area contributed by atoms with Gasteiger partial charge < -0.3 is 15.0 Å². The van der Waals surface area contributed by atoms with Crippen LogP contribution in [0.4, 0.5) is 5.82 Å². The zero-order valence-electron chi connectivity index (χ0n) is 13.2. The highest BCUT2D eigenvalue weighted by Gasteiger charge is 2.67. The molecular weight excluding hydrogens is 264 g/mol. The van der Waals surface area contributed by atoms with E-state index in [0.717, 1.165) is 22.6 Å². The molecular formula is C17H22N2O2. The first-order chi connectivity index (χ1) is 9.80. The molecule has 1 fully saturated rings. The second-order valence-electron chi connectivity index (χ2n) is 6.91. The fourth-order valence-corrected chi connectivity index (χ4v) is 3.41. The van der Waals surface area contributed by atoms with Crippen LogP contribution in [-0.4, -0.2) is 12.3 Å². The lowest BCUT2D eigenvalue weighted by Gasteiger charge is -2.05. The van der Waals surface area contributed by atoms with Crippen molar-refractivity contribution in [2.75, 3.05) is 12.8 Å². The molecule has 0 radical (unpaired) electrons. The highest BCUT2D eigenvalue weighted by Crippen LogP contribution is 2.74. The molecule has 0 spiro atoms. The minimum Gasteiger partial charge on any atom is -0.497 e. The van der Waals surface area contributed by atoms with Gasteiger partial charge in [-0.15, -0.1) is 0 Å². The Bertz CT molecular complexity index is 655. The largest absolute Gasteiger partial charge is 0.497 e. The van der Waals surface area contributed by atoms with E-state index in [-0.39, 0.29) is 10.8 Å². The Morgan fingerprint density at radius 1 is 1.10 bits per heavy atom. The molecule has 0 amide bonds. The van der Waals surface area contributed by atoms with E-state index in [2.05, 4.69) is 32.9 Å². The molecule has 1 heterocycles. The lowest BCUT2D eigenvalue weighted by atomic mass is 10.00. The Balaban J connectivity index is 2.06. The Morgan fingerprint density at radius 3 is 2.14 bits per heavy atom. The Labute approximate surface area is 125 Å². The van der Waals surface area contributed by atoms with Crippen LogP contribution in [-0.2, 0) is 0 Å². The van der Waals surface area contributed by atoms with Crippen molar-refractivity contribution in [2.45, 2.75) is 33.6 Å². The Kier molecular flexibility index (Phi) is 2.84. The number of nitrogen functional groups attached to an aromatic ring is 1. The van der Waals surface area contributed by atoms with Crippen molar-refractivity contribution in [3.63, 3.8) is 0 Å². The number of hydrogen-bond donors (Lipinski definition) is 1. The normalized spacial score (nSPS) is 19.5. The molecule has 4 heteroatoms. The molecule has 21 heavy (non-hydrogen) atoms. The number of nitrogens with two attached hydrogens (primary N) is 1. The van der Waals surface area contributed by atoms with E-state index in [0.29, 0.717) is 11.7 Å². The summed E-state index contributed by atoms with van der Waals surface area (Å²) in [5, 5.41) is 4.00. The summed E-state index contributed by atoms with van der Waals surface area (Å²) >= 11 is 0. The van der Waals surface area contributed by atoms with Gasteiger partial charge >= 0.3 is 0 Å². The van der Waals surface area contributed by atoms with Gasteiger partial charge in [0.25, 0.3) is 0 Å². The van der Waals surface area contributed by atoms with Gasteiger partial charge in [-0.2, -0.15) is 0 Å². The van der Waals surface area contributed by atoms with Crippen LogP contribution in [0.25, 0.3) is 11.1 Å². The number of ether oxygens (including phenoxy) is 1. The fourth-order valence-electron chi connectivity index (χ4n) is 3.41. The number of aromatic nitrogens is 1. The summed E-state index contributed by atoms with van der Waals surface area (Å²) in [6, 6.07) is 7.84. The zero-order valence-corrected chi connectivity index (χ0v) is 13.2. The average Bonchev–Trinajstić information content (AvgIpc) is 2.72. The van der Waals surface area contributed by atoms with E-state index in [1.165, 1.54) is 0 Å². The first-order valence-electron chi connectivity index (χ1n) is 7.20. The second-order valence-corrected chi connectivity index (χ2v) is 6.91. The number of hydrogen-bond acceptors (Lipinski definition) is 4. The highest BCUT2D eigenvalue weighted by molar-refractivity contribution is 5.77. The van der Waals surface area contributed by atoms with E-state index in [1.54, 1.807) is 7.11 Å². The maximum atomic E-state index is 6.05. The van der Waals surface area contributed by atoms with Gasteiger partial charge in [-0.25, -0.2) is 0 Å². The molecule has 1 aromatic carbocycles. The van der Waals surface area contributed by atoms with Gasteiger partial charge in [0.1, 0.15) is 5.75 Å². The van der Waals surface area contributed by atoms with Gasteiger partial charge in [0.05, 0.1) is 12.7 Å². The Morgan fingerprint density at radius 2 is 1.67 bits per heavy atom. The molecule has 2 N–H and O–H groups in total. The van der Waals surface area contributed by atoms with Crippen LogP contribution in [0.3, 0.4) is 0 Å². The topological polar surface area (TPSA) is 61.3 Å². The van der Waals surface area contributed by atoms with Gasteiger partial charge in [0.15, 0.2) is 11.6 Å². The van der Waals surface area contributed by atoms with Gasteiger partial charge in [-0.3, -0.25) is 0 Å². The lowest BCUT2D eigenvalue weighted by molar-refractivity contribution is 0.374. The van der Waals surface area contributed by atoms with E-state index >= 15 is 0 Å². The zero-order chi connectivity index (χ0) is 15.4. The average molecular weight is 286 g/mol. The predicted octanol–water partition coefficient (Wildman–Crippen LogP) is 4.08. The molecule has 3 rings (SSSR count). The predicted molar refractivity (Wildman–Crippen MR) is 83.2 cm³/mol. The summed E-state index contributed by atoms with van der Waals surface area (Å²) in [7, 11) is 1.66. The standard InChI is InChI=1S/C17H22N2O2/c1-16(2)14(17(16,3)4)13-12(15(18)19-21-13)10-6-8-11(20-5)9-7-10/h6-9,14H,1-5H3,(H2,18,19). The van der Waals surface area contributed by atoms with Crippen molar-refractivity contribution >= 4 is 5.82 Å². The second kappa shape index (κ2) is 4.26. The molecule has 0 saturated heterocycles. The highest BCUT2D eigenvalue weighted by atomic mass is 16.5. The monoisotopic (exact) mass is 286 g/mol. The molecule has 2 aromatic rings. The van der Waals surface area contributed by atoms with Crippen molar-refractivity contribution in [1.82, 2.24) is 5.16 Å². The van der Waals surface area contributed by atoms with Crippen LogP contribution in [0, 0.1) is 10.8 Å². The van der Waals surface area contributed by atoms with Crippen molar-refractivity contribution in [3.05, 3.63) is 30.0 Å². The smallest absolute Gasteiger partial charge is 0.175 e. The molecule has 0 atom stereocenters. The minimum atomic E-state index is 0.181. The summed E-state index contributed by atoms with van der Waals surface area (Å²) in [6.45, 7) is 9.03. The lowest BCUT2D eigenvalue weighted by Crippen LogP contribution is -1.95. The van der Waals surface area contributed by atoms with Crippen LogP contribution >= 0.6 is 0 Å². The van der Waals surface area contributed by atoms with E-state index in [9.17, 15) is 0 Å². The first-order valence-corrected chi connectivity index (χ1v) is 7.20. The SMILES string of the molecule is COc1ccc(-c2c(N)noc2C2C(C)(C)C2(C)C)cc1. The molecule has 1 aliphatic carbocycles. The van der Waals surface area contributed by atoms with Gasteiger partial charge in [-0.05, 0) is 28.5 Å². The van der Waals surface area contributed by atoms with Crippen LogP contribution in [0.1, 0.15) is 39.4 Å². The molecule has 1 aromatic heterocycles. The third-order valence-electron chi connectivity index (χ3n) is 5.41. The molecule has 0 aliphatic heterocycles. The maximum absolute atomic E-state index is 6.05. The van der Waals surface area contributed by atoms with Crippen molar-refractivity contribution in [2.24, 2.45) is 10.8 Å². The van der Waals surface area contributed by atoms with Gasteiger partial charge in [-0.1, -0.05) is 45.0 Å². The number of benzene rings is 1. The number of nitrogens with zero attached hydrogens (tertiary/aromatic N) is 1. The Hall–Kier alpha value is -1.97. The fraction of sp³-hybridized carbons (Fsp3) is 0.471. The third kappa shape index (κ3) is 1.85. The van der Waals surface area contributed by atoms with Gasteiger partial charge in [0, 0.05) is 5.92 Å². The van der Waals surface area contributed by atoms with Crippen molar-refractivity contribution in [1.29, 1.82) is 0 Å². The summed E-state index contributed by atoms with van der Waals surface area (Å²) in [6.07, 6.45) is 0. The third-order valence-corrected chi connectivity index (χ3v) is 5.41. The molecule has 4 nitrogen and oxygen atoms in total. The number of methoxy groups -OCH3 is 1. The van der Waals surface area contributed by atoms with E-state index in [1.807, 2.05) is 24.3 Å². The summed E-state index contributed by atoms with van der Waals surface area (Å²) < 4.78 is 10.8. The van der Waals surface area contributed by atoms with Crippen molar-refractivity contribution < 1.29 is 9.26 Å². The first kappa shape index (κ1) is 14.0. The molecule has 0 bridgehead atoms. The molecule has 1 saturated carbocycles. The number of anilines is 1. The minimum absolute atomic E-state index is 0.181. The van der Waals surface area contributed by atoms with Crippen LogP contribution < -0.4 is 10.5 Å². The van der Waals surface area contributed by atoms with Crippen LogP contribution in [0.2, 0.25) is 0 Å².